The third-order valence-electron chi connectivity index (χ3n) is 1.79. The Balaban J connectivity index is 0. The first kappa shape index (κ1) is 21.7. The van der Waals surface area contributed by atoms with Crippen molar-refractivity contribution in [2.45, 2.75) is 39.5 Å². The van der Waals surface area contributed by atoms with E-state index in [0.29, 0.717) is 0 Å². The molecule has 0 aromatic rings. The van der Waals surface area contributed by atoms with Crippen molar-refractivity contribution in [2.24, 2.45) is 5.92 Å². The predicted octanol–water partition coefficient (Wildman–Crippen LogP) is 2.42. The first-order chi connectivity index (χ1) is 9.25. The van der Waals surface area contributed by atoms with Crippen molar-refractivity contribution < 1.29 is 40.7 Å². The number of carbonyl (C=O) groups excluding carboxylic acids is 3. The van der Waals surface area contributed by atoms with Crippen molar-refractivity contribution in [2.75, 3.05) is 6.54 Å². The highest BCUT2D eigenvalue weighted by atomic mass is 19.4. The molecule has 0 aliphatic carbocycles. The van der Waals surface area contributed by atoms with E-state index in [9.17, 15) is 40.7 Å². The van der Waals surface area contributed by atoms with E-state index in [1.165, 1.54) is 0 Å². The Labute approximate surface area is 116 Å². The summed E-state index contributed by atoms with van der Waals surface area (Å²) in [5, 5.41) is 2.79. The Morgan fingerprint density at radius 3 is 1.43 bits per heavy atom. The van der Waals surface area contributed by atoms with Crippen molar-refractivity contribution in [1.82, 2.24) is 5.32 Å². The highest BCUT2D eigenvalue weighted by Crippen LogP contribution is 2.23. The summed E-state index contributed by atoms with van der Waals surface area (Å²) >= 11 is 0. The lowest BCUT2D eigenvalue weighted by atomic mass is 10.2. The molecule has 0 fully saturated rings. The lowest BCUT2D eigenvalue weighted by molar-refractivity contribution is -0.193. The summed E-state index contributed by atoms with van der Waals surface area (Å²) in [6.45, 7) is 6.63. The summed E-state index contributed by atoms with van der Waals surface area (Å²) < 4.78 is 67.0. The molecule has 0 bridgehead atoms. The van der Waals surface area contributed by atoms with Crippen LogP contribution in [-0.2, 0) is 14.4 Å². The SMILES string of the molecule is CCCNC(=O)C(C)C.O=C(C(=O)C(F)(F)F)C(F)(F)F. The van der Waals surface area contributed by atoms with Crippen molar-refractivity contribution in [3.05, 3.63) is 0 Å². The molecule has 21 heavy (non-hydrogen) atoms. The van der Waals surface area contributed by atoms with E-state index in [4.69, 9.17) is 0 Å². The van der Waals surface area contributed by atoms with Gasteiger partial charge in [-0.05, 0) is 6.42 Å². The number of rotatable bonds is 4. The number of amides is 1. The molecule has 0 rings (SSSR count). The van der Waals surface area contributed by atoms with Crippen LogP contribution in [0, 0.1) is 5.92 Å². The van der Waals surface area contributed by atoms with Gasteiger partial charge in [-0.25, -0.2) is 0 Å². The van der Waals surface area contributed by atoms with Gasteiger partial charge >= 0.3 is 23.9 Å². The number of Topliss-reactive ketones (excluding diaryl/α,β-unsaturated/α-hetero) is 2. The van der Waals surface area contributed by atoms with E-state index in [1.807, 2.05) is 20.8 Å². The number of ketones is 2. The number of hydrogen-bond donors (Lipinski definition) is 1. The number of hydrogen-bond acceptors (Lipinski definition) is 3. The van der Waals surface area contributed by atoms with E-state index in [0.717, 1.165) is 13.0 Å². The Bertz CT molecular complexity index is 349. The Morgan fingerprint density at radius 2 is 1.24 bits per heavy atom. The molecular weight excluding hydrogens is 308 g/mol. The average molecular weight is 323 g/mol. The number of carbonyl (C=O) groups is 3. The van der Waals surface area contributed by atoms with Crippen LogP contribution in [0.15, 0.2) is 0 Å². The van der Waals surface area contributed by atoms with E-state index in [-0.39, 0.29) is 11.8 Å². The fourth-order valence-corrected chi connectivity index (χ4v) is 0.710. The zero-order chi connectivity index (χ0) is 17.4. The van der Waals surface area contributed by atoms with Crippen LogP contribution in [0.3, 0.4) is 0 Å². The van der Waals surface area contributed by atoms with E-state index >= 15 is 0 Å². The maximum absolute atomic E-state index is 11.2. The summed E-state index contributed by atoms with van der Waals surface area (Å²) in [4.78, 5) is 30.0. The maximum Gasteiger partial charge on any atom is 0.458 e. The van der Waals surface area contributed by atoms with Gasteiger partial charge in [0.1, 0.15) is 0 Å². The molecule has 1 N–H and O–H groups in total. The molecule has 124 valence electrons. The zero-order valence-electron chi connectivity index (χ0n) is 11.5. The quantitative estimate of drug-likeness (QED) is 0.638. The molecule has 0 aliphatic rings. The van der Waals surface area contributed by atoms with Crippen LogP contribution in [0.5, 0.6) is 0 Å². The van der Waals surface area contributed by atoms with Gasteiger partial charge < -0.3 is 5.32 Å². The minimum absolute atomic E-state index is 0.122. The van der Waals surface area contributed by atoms with Crippen molar-refractivity contribution >= 4 is 17.5 Å². The second-order valence-corrected chi connectivity index (χ2v) is 4.10. The molecule has 0 aromatic carbocycles. The van der Waals surface area contributed by atoms with Crippen LogP contribution in [0.1, 0.15) is 27.2 Å². The average Bonchev–Trinajstić information content (AvgIpc) is 2.32. The van der Waals surface area contributed by atoms with Gasteiger partial charge in [-0.2, -0.15) is 26.3 Å². The molecule has 0 aliphatic heterocycles. The summed E-state index contributed by atoms with van der Waals surface area (Å²) in [6.07, 6.45) is -10.5. The van der Waals surface area contributed by atoms with Crippen LogP contribution >= 0.6 is 0 Å². The lowest BCUT2D eigenvalue weighted by Gasteiger charge is -2.05. The molecule has 1 amide bonds. The molecular formula is C11H15F6NO3. The van der Waals surface area contributed by atoms with Gasteiger partial charge in [-0.1, -0.05) is 20.8 Å². The van der Waals surface area contributed by atoms with Gasteiger partial charge in [0.15, 0.2) is 0 Å². The molecule has 0 unspecified atom stereocenters. The number of halogens is 6. The molecule has 0 saturated carbocycles. The Morgan fingerprint density at radius 1 is 0.905 bits per heavy atom. The van der Waals surface area contributed by atoms with Crippen LogP contribution in [-0.4, -0.2) is 36.4 Å². The summed E-state index contributed by atoms with van der Waals surface area (Å²) in [7, 11) is 0. The zero-order valence-corrected chi connectivity index (χ0v) is 11.5. The third kappa shape index (κ3) is 9.85. The van der Waals surface area contributed by atoms with E-state index in [1.54, 1.807) is 0 Å². The second kappa shape index (κ2) is 8.63. The standard InChI is InChI=1S/C7H15NO.C4F6O2/c1-4-5-8-7(9)6(2)3;5-3(6,7)1(11)2(12)4(8,9)10/h6H,4-5H2,1-3H3,(H,8,9);. The number of alkyl halides is 6. The fraction of sp³-hybridized carbons (Fsp3) is 0.727. The summed E-state index contributed by atoms with van der Waals surface area (Å²) in [6, 6.07) is 0. The van der Waals surface area contributed by atoms with Crippen molar-refractivity contribution in [1.29, 1.82) is 0 Å². The number of nitrogens with one attached hydrogen (secondary N) is 1. The first-order valence-electron chi connectivity index (χ1n) is 5.75. The second-order valence-electron chi connectivity index (χ2n) is 4.10. The van der Waals surface area contributed by atoms with Gasteiger partial charge in [0, 0.05) is 12.5 Å². The Kier molecular flexibility index (Phi) is 8.91. The highest BCUT2D eigenvalue weighted by molar-refractivity contribution is 6.41. The van der Waals surface area contributed by atoms with Gasteiger partial charge in [0.05, 0.1) is 0 Å². The molecule has 0 heterocycles. The normalized spacial score (nSPS) is 11.5. The molecule has 4 nitrogen and oxygen atoms in total. The lowest BCUT2D eigenvalue weighted by Crippen LogP contribution is -2.39. The van der Waals surface area contributed by atoms with E-state index in [2.05, 4.69) is 5.32 Å². The fourth-order valence-electron chi connectivity index (χ4n) is 0.710. The maximum atomic E-state index is 11.2. The smallest absolute Gasteiger partial charge is 0.356 e. The van der Waals surface area contributed by atoms with Crippen molar-refractivity contribution in [3.63, 3.8) is 0 Å². The largest absolute Gasteiger partial charge is 0.458 e. The molecule has 0 radical (unpaired) electrons. The van der Waals surface area contributed by atoms with Gasteiger partial charge in [-0.3, -0.25) is 14.4 Å². The third-order valence-corrected chi connectivity index (χ3v) is 1.79. The minimum atomic E-state index is -5.77. The predicted molar refractivity (Wildman–Crippen MR) is 60.3 cm³/mol. The van der Waals surface area contributed by atoms with Gasteiger partial charge in [0.2, 0.25) is 5.91 Å². The molecule has 0 spiro atoms. The van der Waals surface area contributed by atoms with Gasteiger partial charge in [-0.15, -0.1) is 0 Å². The molecule has 10 heteroatoms. The van der Waals surface area contributed by atoms with Gasteiger partial charge in [0.25, 0.3) is 0 Å². The van der Waals surface area contributed by atoms with Crippen LogP contribution < -0.4 is 5.32 Å². The van der Waals surface area contributed by atoms with Crippen LogP contribution in [0.2, 0.25) is 0 Å². The Hall–Kier alpha value is -1.61. The highest BCUT2D eigenvalue weighted by Gasteiger charge is 2.54. The van der Waals surface area contributed by atoms with Crippen LogP contribution in [0.25, 0.3) is 0 Å². The topological polar surface area (TPSA) is 63.2 Å². The summed E-state index contributed by atoms with van der Waals surface area (Å²) in [5.74, 6) is -6.54. The molecule has 0 atom stereocenters. The monoisotopic (exact) mass is 323 g/mol. The first-order valence-corrected chi connectivity index (χ1v) is 5.75. The summed E-state index contributed by atoms with van der Waals surface area (Å²) in [5.41, 5.74) is 0. The molecule has 0 saturated heterocycles. The van der Waals surface area contributed by atoms with Crippen LogP contribution in [0.4, 0.5) is 26.3 Å². The van der Waals surface area contributed by atoms with E-state index < -0.39 is 23.9 Å². The molecule has 0 aromatic heterocycles. The van der Waals surface area contributed by atoms with Crippen molar-refractivity contribution in [3.8, 4) is 0 Å². The minimum Gasteiger partial charge on any atom is -0.356 e.